The molecule has 3 rings (SSSR count). The first-order valence-electron chi connectivity index (χ1n) is 7.30. The summed E-state index contributed by atoms with van der Waals surface area (Å²) in [6.45, 7) is 0. The molecule has 116 valence electrons. The van der Waals surface area contributed by atoms with Crippen molar-refractivity contribution in [1.29, 1.82) is 0 Å². The minimum Gasteiger partial charge on any atom is -0.465 e. The molecular formula is C18H17N3O2. The topological polar surface area (TPSA) is 57.0 Å². The van der Waals surface area contributed by atoms with E-state index in [9.17, 15) is 4.79 Å². The first-order chi connectivity index (χ1) is 11.2. The van der Waals surface area contributed by atoms with Crippen LogP contribution in [0.5, 0.6) is 0 Å². The number of esters is 1. The van der Waals surface area contributed by atoms with E-state index in [-0.39, 0.29) is 5.97 Å². The predicted octanol–water partition coefficient (Wildman–Crippen LogP) is 2.86. The normalized spacial score (nSPS) is 10.5. The van der Waals surface area contributed by atoms with E-state index in [1.165, 1.54) is 7.11 Å². The van der Waals surface area contributed by atoms with E-state index in [1.807, 2.05) is 54.1 Å². The molecule has 0 aliphatic heterocycles. The average Bonchev–Trinajstić information content (AvgIpc) is 2.96. The molecule has 0 saturated heterocycles. The molecule has 0 bridgehead atoms. The number of benzene rings is 2. The van der Waals surface area contributed by atoms with Crippen LogP contribution in [0.4, 0.5) is 0 Å². The number of ether oxygens (including phenoxy) is 1. The lowest BCUT2D eigenvalue weighted by molar-refractivity contribution is 0.0600. The van der Waals surface area contributed by atoms with Gasteiger partial charge in [-0.2, -0.15) is 0 Å². The van der Waals surface area contributed by atoms with E-state index in [0.29, 0.717) is 12.0 Å². The van der Waals surface area contributed by atoms with Crippen molar-refractivity contribution in [2.75, 3.05) is 7.11 Å². The summed E-state index contributed by atoms with van der Waals surface area (Å²) >= 11 is 0. The zero-order valence-corrected chi connectivity index (χ0v) is 13.1. The van der Waals surface area contributed by atoms with Crippen molar-refractivity contribution in [1.82, 2.24) is 14.8 Å². The Labute approximate surface area is 134 Å². The Morgan fingerprint density at radius 1 is 1.04 bits per heavy atom. The molecule has 0 atom stereocenters. The van der Waals surface area contributed by atoms with Gasteiger partial charge in [-0.15, -0.1) is 10.2 Å². The highest BCUT2D eigenvalue weighted by atomic mass is 16.5. The molecule has 0 aliphatic rings. The fourth-order valence-corrected chi connectivity index (χ4v) is 2.41. The van der Waals surface area contributed by atoms with E-state index in [0.717, 1.165) is 22.8 Å². The van der Waals surface area contributed by atoms with Crippen molar-refractivity contribution in [3.8, 4) is 11.4 Å². The largest absolute Gasteiger partial charge is 0.465 e. The van der Waals surface area contributed by atoms with Gasteiger partial charge in [0.2, 0.25) is 0 Å². The first-order valence-corrected chi connectivity index (χ1v) is 7.30. The SMILES string of the molecule is COC(=O)c1ccc(Cc2nnc(-c3ccccc3)n2C)cc1. The summed E-state index contributed by atoms with van der Waals surface area (Å²) in [6, 6.07) is 17.3. The van der Waals surface area contributed by atoms with Crippen LogP contribution >= 0.6 is 0 Å². The minimum atomic E-state index is -0.332. The molecule has 1 heterocycles. The number of hydrogen-bond acceptors (Lipinski definition) is 4. The fraction of sp³-hybridized carbons (Fsp3) is 0.167. The molecule has 0 aliphatic carbocycles. The number of carbonyl (C=O) groups is 1. The maximum atomic E-state index is 11.4. The molecule has 23 heavy (non-hydrogen) atoms. The summed E-state index contributed by atoms with van der Waals surface area (Å²) in [7, 11) is 3.33. The Hall–Kier alpha value is -2.95. The molecule has 0 unspecified atom stereocenters. The van der Waals surface area contributed by atoms with Gasteiger partial charge in [0.15, 0.2) is 5.82 Å². The number of hydrogen-bond donors (Lipinski definition) is 0. The van der Waals surface area contributed by atoms with Gasteiger partial charge in [0.1, 0.15) is 5.82 Å². The van der Waals surface area contributed by atoms with Crippen molar-refractivity contribution >= 4 is 5.97 Å². The van der Waals surface area contributed by atoms with Gasteiger partial charge in [-0.05, 0) is 17.7 Å². The van der Waals surface area contributed by atoms with Gasteiger partial charge in [-0.1, -0.05) is 42.5 Å². The number of rotatable bonds is 4. The van der Waals surface area contributed by atoms with Crippen LogP contribution in [0.25, 0.3) is 11.4 Å². The summed E-state index contributed by atoms with van der Waals surface area (Å²) in [5.41, 5.74) is 2.64. The van der Waals surface area contributed by atoms with Gasteiger partial charge < -0.3 is 9.30 Å². The average molecular weight is 307 g/mol. The standard InChI is InChI=1S/C18H17N3O2/c1-21-16(19-20-17(21)14-6-4-3-5-7-14)12-13-8-10-15(11-9-13)18(22)23-2/h3-11H,12H2,1-2H3. The molecule has 0 amide bonds. The van der Waals surface area contributed by atoms with Gasteiger partial charge in [0, 0.05) is 19.0 Å². The molecular weight excluding hydrogens is 290 g/mol. The number of carbonyl (C=O) groups excluding carboxylic acids is 1. The summed E-state index contributed by atoms with van der Waals surface area (Å²) in [6.07, 6.45) is 0.651. The molecule has 1 aromatic heterocycles. The third-order valence-electron chi connectivity index (χ3n) is 3.73. The molecule has 3 aromatic rings. The lowest BCUT2D eigenvalue weighted by Crippen LogP contribution is -2.03. The smallest absolute Gasteiger partial charge is 0.337 e. The van der Waals surface area contributed by atoms with Crippen LogP contribution < -0.4 is 0 Å². The van der Waals surface area contributed by atoms with Crippen molar-refractivity contribution in [3.63, 3.8) is 0 Å². The molecule has 0 spiro atoms. The molecule has 0 fully saturated rings. The van der Waals surface area contributed by atoms with Crippen molar-refractivity contribution < 1.29 is 9.53 Å². The Morgan fingerprint density at radius 3 is 2.39 bits per heavy atom. The van der Waals surface area contributed by atoms with Gasteiger partial charge in [0.05, 0.1) is 12.7 Å². The van der Waals surface area contributed by atoms with Crippen LogP contribution in [0.3, 0.4) is 0 Å². The lowest BCUT2D eigenvalue weighted by atomic mass is 10.1. The van der Waals surface area contributed by atoms with Crippen molar-refractivity contribution in [2.24, 2.45) is 7.05 Å². The summed E-state index contributed by atoms with van der Waals surface area (Å²) in [4.78, 5) is 11.4. The Kier molecular flexibility index (Phi) is 4.19. The predicted molar refractivity (Wildman–Crippen MR) is 87.0 cm³/mol. The monoisotopic (exact) mass is 307 g/mol. The zero-order chi connectivity index (χ0) is 16.2. The Balaban J connectivity index is 1.81. The molecule has 5 nitrogen and oxygen atoms in total. The van der Waals surface area contributed by atoms with Crippen LogP contribution in [-0.2, 0) is 18.2 Å². The highest BCUT2D eigenvalue weighted by molar-refractivity contribution is 5.89. The summed E-state index contributed by atoms with van der Waals surface area (Å²) in [5, 5.41) is 8.56. The van der Waals surface area contributed by atoms with Crippen LogP contribution in [0.2, 0.25) is 0 Å². The second kappa shape index (κ2) is 6.44. The van der Waals surface area contributed by atoms with Crippen molar-refractivity contribution in [3.05, 3.63) is 71.5 Å². The van der Waals surface area contributed by atoms with Crippen LogP contribution in [0.1, 0.15) is 21.7 Å². The second-order valence-corrected chi connectivity index (χ2v) is 5.23. The number of aromatic nitrogens is 3. The second-order valence-electron chi connectivity index (χ2n) is 5.23. The van der Waals surface area contributed by atoms with Gasteiger partial charge in [0.25, 0.3) is 0 Å². The minimum absolute atomic E-state index is 0.332. The fourth-order valence-electron chi connectivity index (χ4n) is 2.41. The van der Waals surface area contributed by atoms with Gasteiger partial charge in [-0.3, -0.25) is 0 Å². The maximum absolute atomic E-state index is 11.4. The van der Waals surface area contributed by atoms with E-state index < -0.39 is 0 Å². The molecule has 0 radical (unpaired) electrons. The zero-order valence-electron chi connectivity index (χ0n) is 13.1. The highest BCUT2D eigenvalue weighted by Gasteiger charge is 2.11. The molecule has 2 aromatic carbocycles. The Bertz CT molecular complexity index is 808. The molecule has 0 N–H and O–H groups in total. The van der Waals surface area contributed by atoms with E-state index >= 15 is 0 Å². The van der Waals surface area contributed by atoms with E-state index in [2.05, 4.69) is 10.2 Å². The van der Waals surface area contributed by atoms with Gasteiger partial charge in [-0.25, -0.2) is 4.79 Å². The molecule has 0 saturated carbocycles. The van der Waals surface area contributed by atoms with Crippen LogP contribution in [0, 0.1) is 0 Å². The first kappa shape index (κ1) is 15.0. The molecule has 5 heteroatoms. The maximum Gasteiger partial charge on any atom is 0.337 e. The summed E-state index contributed by atoms with van der Waals surface area (Å²) in [5.74, 6) is 1.38. The van der Waals surface area contributed by atoms with E-state index in [4.69, 9.17) is 4.74 Å². The number of methoxy groups -OCH3 is 1. The Morgan fingerprint density at radius 2 is 1.74 bits per heavy atom. The number of nitrogens with zero attached hydrogens (tertiary/aromatic N) is 3. The van der Waals surface area contributed by atoms with Crippen LogP contribution in [-0.4, -0.2) is 27.8 Å². The van der Waals surface area contributed by atoms with E-state index in [1.54, 1.807) is 12.1 Å². The highest BCUT2D eigenvalue weighted by Crippen LogP contribution is 2.18. The third-order valence-corrected chi connectivity index (χ3v) is 3.73. The van der Waals surface area contributed by atoms with Crippen molar-refractivity contribution in [2.45, 2.75) is 6.42 Å². The van der Waals surface area contributed by atoms with Crippen LogP contribution in [0.15, 0.2) is 54.6 Å². The third kappa shape index (κ3) is 3.13. The lowest BCUT2D eigenvalue weighted by Gasteiger charge is -2.05. The quantitative estimate of drug-likeness (QED) is 0.695. The van der Waals surface area contributed by atoms with Gasteiger partial charge >= 0.3 is 5.97 Å². The summed E-state index contributed by atoms with van der Waals surface area (Å²) < 4.78 is 6.69.